The third kappa shape index (κ3) is 4.30. The lowest BCUT2D eigenvalue weighted by Gasteiger charge is -2.08. The highest BCUT2D eigenvalue weighted by Gasteiger charge is 2.06. The molecule has 0 bridgehead atoms. The van der Waals surface area contributed by atoms with Crippen molar-refractivity contribution in [3.63, 3.8) is 0 Å². The molecule has 1 aromatic carbocycles. The van der Waals surface area contributed by atoms with Gasteiger partial charge in [0.25, 0.3) is 5.91 Å². The molecule has 4 heteroatoms. The number of carbonyl (C=O) groups excluding carboxylic acids is 1. The summed E-state index contributed by atoms with van der Waals surface area (Å²) < 4.78 is 0. The van der Waals surface area contributed by atoms with Crippen molar-refractivity contribution in [1.29, 1.82) is 0 Å². The lowest BCUT2D eigenvalue weighted by molar-refractivity contribution is 0.0954. The zero-order valence-corrected chi connectivity index (χ0v) is 11.5. The summed E-state index contributed by atoms with van der Waals surface area (Å²) in [5.41, 5.74) is 2.87. The summed E-state index contributed by atoms with van der Waals surface area (Å²) >= 11 is 1.80. The van der Waals surface area contributed by atoms with E-state index < -0.39 is 0 Å². The molecule has 0 aliphatic heterocycles. The second-order valence-electron chi connectivity index (χ2n) is 3.88. The topological polar surface area (TPSA) is 41.1 Å². The Kier molecular flexibility index (Phi) is 5.91. The molecule has 1 aromatic rings. The van der Waals surface area contributed by atoms with Crippen molar-refractivity contribution in [2.24, 2.45) is 0 Å². The third-order valence-electron chi connectivity index (χ3n) is 2.57. The first-order valence-corrected chi connectivity index (χ1v) is 7.14. The number of anilines is 1. The fourth-order valence-electron chi connectivity index (χ4n) is 1.61. The summed E-state index contributed by atoms with van der Waals surface area (Å²) in [4.78, 5) is 11.8. The van der Waals surface area contributed by atoms with Crippen LogP contribution < -0.4 is 10.6 Å². The second-order valence-corrected chi connectivity index (χ2v) is 4.87. The molecule has 0 aliphatic carbocycles. The van der Waals surface area contributed by atoms with E-state index in [9.17, 15) is 4.79 Å². The number of thioether (sulfide) groups is 1. The van der Waals surface area contributed by atoms with Crippen LogP contribution in [0.4, 0.5) is 5.69 Å². The van der Waals surface area contributed by atoms with Crippen LogP contribution in [0.5, 0.6) is 0 Å². The Bertz CT molecular complexity index is 380. The molecule has 0 fully saturated rings. The van der Waals surface area contributed by atoms with Gasteiger partial charge in [0.2, 0.25) is 0 Å². The van der Waals surface area contributed by atoms with Gasteiger partial charge in [-0.3, -0.25) is 4.79 Å². The van der Waals surface area contributed by atoms with Crippen LogP contribution in [-0.2, 0) is 0 Å². The van der Waals surface area contributed by atoms with Crippen LogP contribution in [0, 0.1) is 6.92 Å². The molecule has 17 heavy (non-hydrogen) atoms. The molecule has 2 N–H and O–H groups in total. The molecule has 1 rings (SSSR count). The van der Waals surface area contributed by atoms with E-state index in [1.165, 1.54) is 0 Å². The van der Waals surface area contributed by atoms with E-state index in [1.54, 1.807) is 11.8 Å². The number of hydrogen-bond donors (Lipinski definition) is 2. The maximum Gasteiger partial charge on any atom is 0.251 e. The monoisotopic (exact) mass is 252 g/mol. The van der Waals surface area contributed by atoms with E-state index in [-0.39, 0.29) is 5.91 Å². The molecule has 0 atom stereocenters. The standard InChI is InChI=1S/C13H20N2OS/c1-10-9-11(5-6-12(10)14-2)13(16)15-7-4-8-17-3/h5-6,9,14H,4,7-8H2,1-3H3,(H,15,16). The van der Waals surface area contributed by atoms with Gasteiger partial charge in [0.05, 0.1) is 0 Å². The quantitative estimate of drug-likeness (QED) is 0.764. The number of amides is 1. The Morgan fingerprint density at radius 2 is 2.18 bits per heavy atom. The Labute approximate surface area is 107 Å². The maximum absolute atomic E-state index is 11.8. The second kappa shape index (κ2) is 7.22. The molecule has 0 unspecified atom stereocenters. The molecule has 0 aliphatic rings. The van der Waals surface area contributed by atoms with Crippen molar-refractivity contribution in [2.75, 3.05) is 30.9 Å². The summed E-state index contributed by atoms with van der Waals surface area (Å²) in [6, 6.07) is 5.70. The highest BCUT2D eigenvalue weighted by atomic mass is 32.2. The predicted molar refractivity (Wildman–Crippen MR) is 76.1 cm³/mol. The van der Waals surface area contributed by atoms with Gasteiger partial charge < -0.3 is 10.6 Å². The van der Waals surface area contributed by atoms with Crippen molar-refractivity contribution in [2.45, 2.75) is 13.3 Å². The Morgan fingerprint density at radius 1 is 1.41 bits per heavy atom. The number of benzene rings is 1. The minimum Gasteiger partial charge on any atom is -0.388 e. The molecular weight excluding hydrogens is 232 g/mol. The maximum atomic E-state index is 11.8. The fraction of sp³-hybridized carbons (Fsp3) is 0.462. The molecule has 0 radical (unpaired) electrons. The minimum absolute atomic E-state index is 0.0110. The molecule has 0 saturated carbocycles. The van der Waals surface area contributed by atoms with Gasteiger partial charge in [0, 0.05) is 24.8 Å². The molecular formula is C13H20N2OS. The molecule has 0 saturated heterocycles. The molecule has 0 aromatic heterocycles. The van der Waals surface area contributed by atoms with Crippen LogP contribution in [0.3, 0.4) is 0 Å². The first-order chi connectivity index (χ1) is 8.19. The van der Waals surface area contributed by atoms with Gasteiger partial charge in [-0.15, -0.1) is 0 Å². The zero-order chi connectivity index (χ0) is 12.7. The van der Waals surface area contributed by atoms with E-state index >= 15 is 0 Å². The highest BCUT2D eigenvalue weighted by Crippen LogP contribution is 2.15. The van der Waals surface area contributed by atoms with Gasteiger partial charge in [-0.25, -0.2) is 0 Å². The van der Waals surface area contributed by atoms with Crippen LogP contribution in [0.2, 0.25) is 0 Å². The first-order valence-electron chi connectivity index (χ1n) is 5.74. The van der Waals surface area contributed by atoms with Gasteiger partial charge in [-0.2, -0.15) is 11.8 Å². The van der Waals surface area contributed by atoms with Crippen molar-refractivity contribution in [3.05, 3.63) is 29.3 Å². The Balaban J connectivity index is 2.54. The lowest BCUT2D eigenvalue weighted by Crippen LogP contribution is -2.24. The first kappa shape index (κ1) is 13.9. The smallest absolute Gasteiger partial charge is 0.251 e. The summed E-state index contributed by atoms with van der Waals surface area (Å²) in [6.45, 7) is 2.74. The summed E-state index contributed by atoms with van der Waals surface area (Å²) in [6.07, 6.45) is 3.09. The SMILES string of the molecule is CNc1ccc(C(=O)NCCCSC)cc1C. The van der Waals surface area contributed by atoms with Crippen molar-refractivity contribution < 1.29 is 4.79 Å². The van der Waals surface area contributed by atoms with Crippen LogP contribution in [0.25, 0.3) is 0 Å². The molecule has 3 nitrogen and oxygen atoms in total. The van der Waals surface area contributed by atoms with Gasteiger partial charge >= 0.3 is 0 Å². The van der Waals surface area contributed by atoms with Gasteiger partial charge in [0.1, 0.15) is 0 Å². The van der Waals surface area contributed by atoms with E-state index in [0.717, 1.165) is 35.5 Å². The Morgan fingerprint density at radius 3 is 2.76 bits per heavy atom. The summed E-state index contributed by atoms with van der Waals surface area (Å²) in [5, 5.41) is 6.01. The number of aryl methyl sites for hydroxylation is 1. The van der Waals surface area contributed by atoms with E-state index in [4.69, 9.17) is 0 Å². The zero-order valence-electron chi connectivity index (χ0n) is 10.7. The van der Waals surface area contributed by atoms with Crippen LogP contribution >= 0.6 is 11.8 Å². The molecule has 94 valence electrons. The fourth-order valence-corrected chi connectivity index (χ4v) is 2.04. The van der Waals surface area contributed by atoms with E-state index in [0.29, 0.717) is 0 Å². The Hall–Kier alpha value is -1.16. The summed E-state index contributed by atoms with van der Waals surface area (Å²) in [7, 11) is 1.88. The normalized spacial score (nSPS) is 10.1. The van der Waals surface area contributed by atoms with Gasteiger partial charge in [0.15, 0.2) is 0 Å². The predicted octanol–water partition coefficient (Wildman–Crippen LogP) is 2.52. The van der Waals surface area contributed by atoms with Crippen molar-refractivity contribution >= 4 is 23.4 Å². The minimum atomic E-state index is 0.0110. The van der Waals surface area contributed by atoms with Gasteiger partial charge in [-0.05, 0) is 49.1 Å². The van der Waals surface area contributed by atoms with E-state index in [2.05, 4.69) is 16.9 Å². The highest BCUT2D eigenvalue weighted by molar-refractivity contribution is 7.98. The third-order valence-corrected chi connectivity index (χ3v) is 3.27. The molecule has 0 heterocycles. The molecule has 1 amide bonds. The number of nitrogens with one attached hydrogen (secondary N) is 2. The molecule has 0 spiro atoms. The largest absolute Gasteiger partial charge is 0.388 e. The average Bonchev–Trinajstić information content (AvgIpc) is 2.34. The number of carbonyl (C=O) groups is 1. The average molecular weight is 252 g/mol. The van der Waals surface area contributed by atoms with Crippen LogP contribution in [0.1, 0.15) is 22.3 Å². The number of hydrogen-bond acceptors (Lipinski definition) is 3. The van der Waals surface area contributed by atoms with Gasteiger partial charge in [-0.1, -0.05) is 0 Å². The number of rotatable bonds is 6. The van der Waals surface area contributed by atoms with Crippen molar-refractivity contribution in [1.82, 2.24) is 5.32 Å². The van der Waals surface area contributed by atoms with E-state index in [1.807, 2.05) is 32.2 Å². The summed E-state index contributed by atoms with van der Waals surface area (Å²) in [5.74, 6) is 1.09. The van der Waals surface area contributed by atoms with Crippen LogP contribution in [0.15, 0.2) is 18.2 Å². The lowest BCUT2D eigenvalue weighted by atomic mass is 10.1. The van der Waals surface area contributed by atoms with Crippen molar-refractivity contribution in [3.8, 4) is 0 Å². The van der Waals surface area contributed by atoms with Crippen LogP contribution in [-0.4, -0.2) is 31.5 Å².